The predicted molar refractivity (Wildman–Crippen MR) is 104 cm³/mol. The van der Waals surface area contributed by atoms with Gasteiger partial charge in [-0.25, -0.2) is 4.79 Å². The molecular formula is C22H25N3O2. The maximum atomic E-state index is 12.7. The highest BCUT2D eigenvalue weighted by atomic mass is 16.2. The first-order chi connectivity index (χ1) is 13.1. The summed E-state index contributed by atoms with van der Waals surface area (Å²) in [5.74, 6) is -0.321. The zero-order chi connectivity index (χ0) is 18.8. The fourth-order valence-corrected chi connectivity index (χ4v) is 4.25. The molecule has 2 heterocycles. The average molecular weight is 363 g/mol. The number of fused-ring (bicyclic) bond motifs is 1. The number of benzene rings is 2. The van der Waals surface area contributed by atoms with Crippen LogP contribution in [-0.2, 0) is 11.2 Å². The van der Waals surface area contributed by atoms with E-state index in [1.54, 1.807) is 4.90 Å². The predicted octanol–water partition coefficient (Wildman–Crippen LogP) is 2.81. The number of carbonyl (C=O) groups is 2. The van der Waals surface area contributed by atoms with Crippen LogP contribution >= 0.6 is 0 Å². The molecule has 3 amide bonds. The van der Waals surface area contributed by atoms with Crippen LogP contribution in [0.3, 0.4) is 0 Å². The van der Waals surface area contributed by atoms with Crippen LogP contribution in [0.2, 0.25) is 0 Å². The Kier molecular flexibility index (Phi) is 4.94. The van der Waals surface area contributed by atoms with Crippen LogP contribution in [0.5, 0.6) is 0 Å². The van der Waals surface area contributed by atoms with E-state index in [0.717, 1.165) is 19.4 Å². The summed E-state index contributed by atoms with van der Waals surface area (Å²) in [6.45, 7) is 3.44. The minimum absolute atomic E-state index is 0.115. The van der Waals surface area contributed by atoms with Gasteiger partial charge in [-0.05, 0) is 43.4 Å². The van der Waals surface area contributed by atoms with Crippen LogP contribution in [0, 0.1) is 12.8 Å². The molecule has 2 saturated heterocycles. The highest BCUT2D eigenvalue weighted by Crippen LogP contribution is 2.36. The number of urea groups is 1. The number of hydrogen-bond donors (Lipinski definition) is 2. The molecule has 5 heteroatoms. The zero-order valence-corrected chi connectivity index (χ0v) is 15.5. The highest BCUT2D eigenvalue weighted by Gasteiger charge is 2.47. The van der Waals surface area contributed by atoms with Crippen molar-refractivity contribution in [1.82, 2.24) is 15.5 Å². The normalized spacial score (nSPS) is 25.1. The van der Waals surface area contributed by atoms with Crippen molar-refractivity contribution in [2.45, 2.75) is 31.8 Å². The Morgan fingerprint density at radius 3 is 2.52 bits per heavy atom. The number of nitrogens with one attached hydrogen (secondary N) is 2. The lowest BCUT2D eigenvalue weighted by Crippen LogP contribution is -2.68. The smallest absolute Gasteiger partial charge is 0.308 e. The van der Waals surface area contributed by atoms with Gasteiger partial charge in [0.25, 0.3) is 0 Å². The van der Waals surface area contributed by atoms with Crippen LogP contribution in [-0.4, -0.2) is 36.1 Å². The fourth-order valence-electron chi connectivity index (χ4n) is 4.25. The van der Waals surface area contributed by atoms with E-state index in [-0.39, 0.29) is 29.9 Å². The van der Waals surface area contributed by atoms with Gasteiger partial charge in [-0.2, -0.15) is 0 Å². The molecule has 2 aromatic carbocycles. The van der Waals surface area contributed by atoms with Gasteiger partial charge in [0.05, 0.1) is 12.1 Å². The van der Waals surface area contributed by atoms with Crippen molar-refractivity contribution >= 4 is 11.9 Å². The van der Waals surface area contributed by atoms with Gasteiger partial charge in [0.1, 0.15) is 0 Å². The first-order valence-electron chi connectivity index (χ1n) is 9.59. The van der Waals surface area contributed by atoms with Crippen molar-refractivity contribution in [2.24, 2.45) is 5.92 Å². The molecule has 0 aliphatic carbocycles. The van der Waals surface area contributed by atoms with E-state index in [0.29, 0.717) is 6.54 Å². The van der Waals surface area contributed by atoms with Crippen molar-refractivity contribution in [3.8, 4) is 0 Å². The third kappa shape index (κ3) is 3.60. The molecule has 2 aromatic rings. The van der Waals surface area contributed by atoms with Crippen molar-refractivity contribution < 1.29 is 9.59 Å². The number of hydrogen-bond acceptors (Lipinski definition) is 3. The number of nitrogens with zero attached hydrogens (tertiary/aromatic N) is 1. The number of aryl methyl sites for hydroxylation is 1. The van der Waals surface area contributed by atoms with Crippen molar-refractivity contribution in [2.75, 3.05) is 13.1 Å². The number of amides is 3. The van der Waals surface area contributed by atoms with Crippen LogP contribution in [0.1, 0.15) is 29.0 Å². The second-order valence-electron chi connectivity index (χ2n) is 7.45. The topological polar surface area (TPSA) is 61.4 Å². The molecule has 3 atom stereocenters. The zero-order valence-electron chi connectivity index (χ0n) is 15.5. The monoisotopic (exact) mass is 363 g/mol. The van der Waals surface area contributed by atoms with Crippen molar-refractivity contribution in [3.05, 3.63) is 71.3 Å². The minimum Gasteiger partial charge on any atom is -0.308 e. The summed E-state index contributed by atoms with van der Waals surface area (Å²) in [7, 11) is 0. The molecule has 0 radical (unpaired) electrons. The molecule has 27 heavy (non-hydrogen) atoms. The second-order valence-corrected chi connectivity index (χ2v) is 7.45. The van der Waals surface area contributed by atoms with Crippen molar-refractivity contribution in [1.29, 1.82) is 0 Å². The molecule has 0 bridgehead atoms. The average Bonchev–Trinajstić information content (AvgIpc) is 2.68. The highest BCUT2D eigenvalue weighted by molar-refractivity contribution is 5.99. The SMILES string of the molecule is Cc1ccc(C2CCNC3C2C(=O)NC(=O)N3CCc2ccccc2)cc1. The largest absolute Gasteiger partial charge is 0.325 e. The Morgan fingerprint density at radius 2 is 1.78 bits per heavy atom. The molecular weight excluding hydrogens is 338 g/mol. The van der Waals surface area contributed by atoms with Crippen molar-refractivity contribution in [3.63, 3.8) is 0 Å². The van der Waals surface area contributed by atoms with E-state index in [1.165, 1.54) is 16.7 Å². The van der Waals surface area contributed by atoms with Crippen LogP contribution in [0.15, 0.2) is 54.6 Å². The van der Waals surface area contributed by atoms with Gasteiger partial charge in [-0.3, -0.25) is 15.4 Å². The summed E-state index contributed by atoms with van der Waals surface area (Å²) in [6.07, 6.45) is 1.40. The van der Waals surface area contributed by atoms with Gasteiger partial charge in [0, 0.05) is 6.54 Å². The van der Waals surface area contributed by atoms with E-state index in [4.69, 9.17) is 0 Å². The molecule has 140 valence electrons. The molecule has 0 aromatic heterocycles. The second kappa shape index (κ2) is 7.53. The first kappa shape index (κ1) is 17.7. The van der Waals surface area contributed by atoms with E-state index < -0.39 is 0 Å². The molecule has 2 N–H and O–H groups in total. The lowest BCUT2D eigenvalue weighted by Gasteiger charge is -2.46. The number of piperidine rings is 1. The quantitative estimate of drug-likeness (QED) is 0.878. The summed E-state index contributed by atoms with van der Waals surface area (Å²) in [4.78, 5) is 27.0. The van der Waals surface area contributed by atoms with Gasteiger partial charge in [-0.15, -0.1) is 0 Å². The fraction of sp³-hybridized carbons (Fsp3) is 0.364. The lowest BCUT2D eigenvalue weighted by molar-refractivity contribution is -0.131. The Hall–Kier alpha value is -2.66. The Bertz CT molecular complexity index is 819. The Balaban J connectivity index is 1.56. The Labute approximate surface area is 159 Å². The third-order valence-electron chi connectivity index (χ3n) is 5.70. The van der Waals surface area contributed by atoms with Gasteiger partial charge >= 0.3 is 6.03 Å². The van der Waals surface area contributed by atoms with Crippen LogP contribution in [0.4, 0.5) is 4.79 Å². The molecule has 3 unspecified atom stereocenters. The maximum absolute atomic E-state index is 12.7. The molecule has 2 aliphatic heterocycles. The standard InChI is InChI=1S/C22H25N3O2/c1-15-7-9-17(10-8-15)18-11-13-23-20-19(18)21(26)24-22(27)25(20)14-12-16-5-3-2-4-6-16/h2-10,18-20,23H,11-14H2,1H3,(H,24,26,27). The first-order valence-corrected chi connectivity index (χ1v) is 9.59. The molecule has 0 saturated carbocycles. The summed E-state index contributed by atoms with van der Waals surface area (Å²) < 4.78 is 0. The van der Waals surface area contributed by atoms with Gasteiger partial charge in [0.15, 0.2) is 0 Å². The minimum atomic E-state index is -0.297. The van der Waals surface area contributed by atoms with Crippen LogP contribution < -0.4 is 10.6 Å². The third-order valence-corrected chi connectivity index (χ3v) is 5.70. The summed E-state index contributed by atoms with van der Waals surface area (Å²) >= 11 is 0. The summed E-state index contributed by atoms with van der Waals surface area (Å²) in [6, 6.07) is 18.2. The summed E-state index contributed by atoms with van der Waals surface area (Å²) in [5.41, 5.74) is 3.56. The number of imide groups is 1. The van der Waals surface area contributed by atoms with E-state index in [2.05, 4.69) is 54.0 Å². The van der Waals surface area contributed by atoms with Crippen LogP contribution in [0.25, 0.3) is 0 Å². The van der Waals surface area contributed by atoms with E-state index in [1.807, 2.05) is 18.2 Å². The lowest BCUT2D eigenvalue weighted by atomic mass is 9.77. The maximum Gasteiger partial charge on any atom is 0.325 e. The van der Waals surface area contributed by atoms with Gasteiger partial charge in [0.2, 0.25) is 5.91 Å². The number of carbonyl (C=O) groups excluding carboxylic acids is 2. The van der Waals surface area contributed by atoms with Gasteiger partial charge in [-0.1, -0.05) is 60.2 Å². The van der Waals surface area contributed by atoms with Gasteiger partial charge < -0.3 is 4.90 Å². The molecule has 0 spiro atoms. The molecule has 5 nitrogen and oxygen atoms in total. The molecule has 4 rings (SSSR count). The summed E-state index contributed by atoms with van der Waals surface area (Å²) in [5, 5.41) is 6.01. The molecule has 2 fully saturated rings. The Morgan fingerprint density at radius 1 is 1.04 bits per heavy atom. The number of rotatable bonds is 4. The molecule has 2 aliphatic rings. The van der Waals surface area contributed by atoms with E-state index in [9.17, 15) is 9.59 Å². The van der Waals surface area contributed by atoms with E-state index >= 15 is 0 Å².